The molecule has 1 N–H and O–H groups in total. The van der Waals surface area contributed by atoms with Crippen LogP contribution in [0.1, 0.15) is 0 Å². The minimum Gasteiger partial charge on any atom is -0.384 e. The van der Waals surface area contributed by atoms with Gasteiger partial charge in [-0.3, -0.25) is 0 Å². The Labute approximate surface area is 115 Å². The molecule has 0 amide bonds. The topological polar surface area (TPSA) is 31.4 Å². The number of hydrogen-bond donors (Lipinski definition) is 1. The first kappa shape index (κ1) is 13.6. The van der Waals surface area contributed by atoms with E-state index >= 15 is 0 Å². The molecule has 4 heteroatoms. The molecular formula is C15H22N4. The molecule has 0 bridgehead atoms. The van der Waals surface area contributed by atoms with Gasteiger partial charge in [-0.2, -0.15) is 0 Å². The number of nitrogens with one attached hydrogen (secondary N) is 1. The Bertz CT molecular complexity index is 549. The van der Waals surface area contributed by atoms with Gasteiger partial charge in [0, 0.05) is 44.5 Å². The number of hydrogen-bond acceptors (Lipinski definition) is 4. The van der Waals surface area contributed by atoms with E-state index in [-0.39, 0.29) is 0 Å². The van der Waals surface area contributed by atoms with Gasteiger partial charge in [0.15, 0.2) is 0 Å². The van der Waals surface area contributed by atoms with Gasteiger partial charge in [0.25, 0.3) is 0 Å². The highest BCUT2D eigenvalue weighted by atomic mass is 15.1. The molecule has 0 radical (unpaired) electrons. The van der Waals surface area contributed by atoms with Gasteiger partial charge >= 0.3 is 0 Å². The van der Waals surface area contributed by atoms with Gasteiger partial charge in [-0.15, -0.1) is 0 Å². The minimum absolute atomic E-state index is 0.949. The molecular weight excluding hydrogens is 236 g/mol. The molecule has 0 fully saturated rings. The zero-order valence-corrected chi connectivity index (χ0v) is 12.1. The van der Waals surface area contributed by atoms with Crippen molar-refractivity contribution in [2.45, 2.75) is 0 Å². The van der Waals surface area contributed by atoms with Crippen molar-refractivity contribution >= 4 is 22.3 Å². The minimum atomic E-state index is 0.949. The molecule has 0 saturated carbocycles. The average molecular weight is 258 g/mol. The van der Waals surface area contributed by atoms with E-state index in [2.05, 4.69) is 53.6 Å². The van der Waals surface area contributed by atoms with E-state index in [1.54, 1.807) is 0 Å². The molecule has 0 atom stereocenters. The summed E-state index contributed by atoms with van der Waals surface area (Å²) in [6.07, 6.45) is 1.86. The number of rotatable bonds is 5. The predicted octanol–water partition coefficient (Wildman–Crippen LogP) is 2.27. The number of anilines is 2. The van der Waals surface area contributed by atoms with Gasteiger partial charge in [-0.25, -0.2) is 4.98 Å². The lowest BCUT2D eigenvalue weighted by molar-refractivity contribution is 0.425. The Hall–Kier alpha value is -1.81. The maximum atomic E-state index is 4.42. The second-order valence-electron chi connectivity index (χ2n) is 5.19. The predicted molar refractivity (Wildman–Crippen MR) is 83.1 cm³/mol. The summed E-state index contributed by atoms with van der Waals surface area (Å²) in [5.41, 5.74) is 1.16. The summed E-state index contributed by atoms with van der Waals surface area (Å²) in [6.45, 7) is 1.97. The van der Waals surface area contributed by atoms with E-state index in [1.165, 1.54) is 10.8 Å². The van der Waals surface area contributed by atoms with Crippen LogP contribution in [0.25, 0.3) is 10.8 Å². The van der Waals surface area contributed by atoms with Crippen molar-refractivity contribution < 1.29 is 0 Å². The van der Waals surface area contributed by atoms with Crippen LogP contribution in [0.3, 0.4) is 0 Å². The Morgan fingerprint density at radius 2 is 1.89 bits per heavy atom. The van der Waals surface area contributed by atoms with Crippen molar-refractivity contribution in [2.75, 3.05) is 51.5 Å². The van der Waals surface area contributed by atoms with Crippen LogP contribution < -0.4 is 10.2 Å². The van der Waals surface area contributed by atoms with Crippen LogP contribution in [-0.2, 0) is 0 Å². The highest BCUT2D eigenvalue weighted by molar-refractivity contribution is 5.94. The molecule has 19 heavy (non-hydrogen) atoms. The van der Waals surface area contributed by atoms with Gasteiger partial charge in [-0.1, -0.05) is 0 Å². The fraction of sp³-hybridized carbons (Fsp3) is 0.400. The van der Waals surface area contributed by atoms with Crippen molar-refractivity contribution in [3.05, 3.63) is 30.5 Å². The van der Waals surface area contributed by atoms with Gasteiger partial charge in [0.1, 0.15) is 5.82 Å². The van der Waals surface area contributed by atoms with E-state index in [0.717, 1.165) is 24.6 Å². The second kappa shape index (κ2) is 5.89. The third-order valence-corrected chi connectivity index (χ3v) is 3.06. The first-order chi connectivity index (χ1) is 9.08. The summed E-state index contributed by atoms with van der Waals surface area (Å²) in [4.78, 5) is 8.63. The SMILES string of the molecule is CN(C)CCNc1ccc2c(N(C)C)nccc2c1. The van der Waals surface area contributed by atoms with Crippen LogP contribution in [0, 0.1) is 0 Å². The fourth-order valence-corrected chi connectivity index (χ4v) is 2.05. The van der Waals surface area contributed by atoms with E-state index in [0.29, 0.717) is 0 Å². The third kappa shape index (κ3) is 3.35. The van der Waals surface area contributed by atoms with Crippen LogP contribution in [0.4, 0.5) is 11.5 Å². The van der Waals surface area contributed by atoms with E-state index in [9.17, 15) is 0 Å². The number of aromatic nitrogens is 1. The molecule has 0 aliphatic rings. The lowest BCUT2D eigenvalue weighted by Gasteiger charge is -2.15. The molecule has 0 saturated heterocycles. The zero-order chi connectivity index (χ0) is 13.8. The summed E-state index contributed by atoms with van der Waals surface area (Å²) in [5, 5.41) is 5.84. The van der Waals surface area contributed by atoms with Crippen LogP contribution in [0.5, 0.6) is 0 Å². The third-order valence-electron chi connectivity index (χ3n) is 3.06. The molecule has 1 aromatic carbocycles. The van der Waals surface area contributed by atoms with Gasteiger partial charge in [0.05, 0.1) is 0 Å². The zero-order valence-electron chi connectivity index (χ0n) is 12.1. The summed E-state index contributed by atoms with van der Waals surface area (Å²) in [6, 6.07) is 8.49. The molecule has 4 nitrogen and oxygen atoms in total. The van der Waals surface area contributed by atoms with Gasteiger partial charge < -0.3 is 15.1 Å². The number of pyridine rings is 1. The lowest BCUT2D eigenvalue weighted by atomic mass is 10.1. The number of likely N-dealkylation sites (N-methyl/N-ethyl adjacent to an activating group) is 1. The summed E-state index contributed by atoms with van der Waals surface area (Å²) in [5.74, 6) is 1.01. The van der Waals surface area contributed by atoms with E-state index in [1.807, 2.05) is 25.2 Å². The van der Waals surface area contributed by atoms with Crippen molar-refractivity contribution in [3.8, 4) is 0 Å². The average Bonchev–Trinajstić information content (AvgIpc) is 2.37. The quantitative estimate of drug-likeness (QED) is 0.891. The molecule has 1 aromatic heterocycles. The Balaban J connectivity index is 2.22. The fourth-order valence-electron chi connectivity index (χ4n) is 2.05. The second-order valence-corrected chi connectivity index (χ2v) is 5.19. The van der Waals surface area contributed by atoms with Crippen molar-refractivity contribution in [1.82, 2.24) is 9.88 Å². The first-order valence-electron chi connectivity index (χ1n) is 6.52. The van der Waals surface area contributed by atoms with Crippen LogP contribution in [0.15, 0.2) is 30.5 Å². The number of benzene rings is 1. The van der Waals surface area contributed by atoms with Crippen LogP contribution in [0.2, 0.25) is 0 Å². The molecule has 0 unspecified atom stereocenters. The maximum absolute atomic E-state index is 4.42. The summed E-state index contributed by atoms with van der Waals surface area (Å²) < 4.78 is 0. The molecule has 2 rings (SSSR count). The van der Waals surface area contributed by atoms with E-state index in [4.69, 9.17) is 0 Å². The van der Waals surface area contributed by atoms with Crippen LogP contribution in [-0.4, -0.2) is 51.2 Å². The number of fused-ring (bicyclic) bond motifs is 1. The van der Waals surface area contributed by atoms with E-state index < -0.39 is 0 Å². The Kier molecular flexibility index (Phi) is 4.22. The standard InChI is InChI=1S/C15H22N4/c1-18(2)10-9-16-13-5-6-14-12(11-13)7-8-17-15(14)19(3)4/h5-8,11,16H,9-10H2,1-4H3. The smallest absolute Gasteiger partial charge is 0.135 e. The molecule has 2 aromatic rings. The van der Waals surface area contributed by atoms with Crippen molar-refractivity contribution in [2.24, 2.45) is 0 Å². The normalized spacial score (nSPS) is 11.0. The lowest BCUT2D eigenvalue weighted by Crippen LogP contribution is -2.20. The molecule has 1 heterocycles. The molecule has 0 aliphatic carbocycles. The van der Waals surface area contributed by atoms with Gasteiger partial charge in [0.2, 0.25) is 0 Å². The van der Waals surface area contributed by atoms with Gasteiger partial charge in [-0.05, 0) is 43.7 Å². The Morgan fingerprint density at radius 3 is 2.58 bits per heavy atom. The van der Waals surface area contributed by atoms with Crippen molar-refractivity contribution in [1.29, 1.82) is 0 Å². The molecule has 0 aliphatic heterocycles. The molecule has 0 spiro atoms. The summed E-state index contributed by atoms with van der Waals surface area (Å²) in [7, 11) is 8.20. The highest BCUT2D eigenvalue weighted by Gasteiger charge is 2.04. The summed E-state index contributed by atoms with van der Waals surface area (Å²) >= 11 is 0. The number of nitrogens with zero attached hydrogens (tertiary/aromatic N) is 3. The van der Waals surface area contributed by atoms with Crippen LogP contribution >= 0.6 is 0 Å². The Morgan fingerprint density at radius 1 is 1.11 bits per heavy atom. The molecule has 102 valence electrons. The largest absolute Gasteiger partial charge is 0.384 e. The monoisotopic (exact) mass is 258 g/mol. The maximum Gasteiger partial charge on any atom is 0.135 e. The van der Waals surface area contributed by atoms with Crippen molar-refractivity contribution in [3.63, 3.8) is 0 Å². The first-order valence-corrected chi connectivity index (χ1v) is 6.52. The highest BCUT2D eigenvalue weighted by Crippen LogP contribution is 2.25.